The summed E-state index contributed by atoms with van der Waals surface area (Å²) in [6.45, 7) is 6.00. The maximum absolute atomic E-state index is 3.50. The predicted molar refractivity (Wildman–Crippen MR) is 85.7 cm³/mol. The van der Waals surface area contributed by atoms with E-state index in [9.17, 15) is 0 Å². The summed E-state index contributed by atoms with van der Waals surface area (Å²) >= 11 is 3.50. The molecule has 1 aromatic rings. The average Bonchev–Trinajstić information content (AvgIpc) is 2.40. The van der Waals surface area contributed by atoms with Crippen molar-refractivity contribution < 1.29 is 0 Å². The van der Waals surface area contributed by atoms with Crippen LogP contribution in [0.4, 0.5) is 0 Å². The van der Waals surface area contributed by atoms with Gasteiger partial charge in [0.05, 0.1) is 0 Å². The highest BCUT2D eigenvalue weighted by Crippen LogP contribution is 2.22. The topological polar surface area (TPSA) is 6.48 Å². The fourth-order valence-electron chi connectivity index (χ4n) is 2.90. The van der Waals surface area contributed by atoms with Crippen LogP contribution in [0.5, 0.6) is 0 Å². The van der Waals surface area contributed by atoms with Crippen molar-refractivity contribution in [2.45, 2.75) is 31.7 Å². The molecule has 106 valence electrons. The summed E-state index contributed by atoms with van der Waals surface area (Å²) in [6, 6.07) is 9.54. The SMILES string of the molecule is C[C@@H](CN1CCC(N(C)C)CC1)c1ccc(Br)cc1. The fourth-order valence-corrected chi connectivity index (χ4v) is 3.17. The number of piperidine rings is 1. The monoisotopic (exact) mass is 324 g/mol. The van der Waals surface area contributed by atoms with Crippen LogP contribution in [0.1, 0.15) is 31.2 Å². The molecule has 0 bridgehead atoms. The van der Waals surface area contributed by atoms with E-state index in [0.29, 0.717) is 5.92 Å². The van der Waals surface area contributed by atoms with Gasteiger partial charge in [0, 0.05) is 17.1 Å². The van der Waals surface area contributed by atoms with Crippen LogP contribution in [0, 0.1) is 0 Å². The zero-order valence-electron chi connectivity index (χ0n) is 12.3. The summed E-state index contributed by atoms with van der Waals surface area (Å²) in [6.07, 6.45) is 2.61. The lowest BCUT2D eigenvalue weighted by atomic mass is 9.98. The van der Waals surface area contributed by atoms with E-state index in [2.05, 4.69) is 71.0 Å². The third kappa shape index (κ3) is 4.30. The minimum atomic E-state index is 0.615. The molecule has 1 atom stereocenters. The molecule has 3 heteroatoms. The molecule has 1 aliphatic heterocycles. The van der Waals surface area contributed by atoms with Crippen LogP contribution in [0.3, 0.4) is 0 Å². The molecule has 0 spiro atoms. The van der Waals surface area contributed by atoms with Gasteiger partial charge in [0.2, 0.25) is 0 Å². The molecule has 0 radical (unpaired) electrons. The Kier molecular flexibility index (Phi) is 5.43. The number of halogens is 1. The van der Waals surface area contributed by atoms with Crippen LogP contribution in [-0.2, 0) is 0 Å². The standard InChI is InChI=1S/C16H25BrN2/c1-13(14-4-6-15(17)7-5-14)12-19-10-8-16(9-11-19)18(2)3/h4-7,13,16H,8-12H2,1-3H3/t13-/m0/s1. The summed E-state index contributed by atoms with van der Waals surface area (Å²) in [5.41, 5.74) is 1.44. The smallest absolute Gasteiger partial charge is 0.0175 e. The molecule has 2 nitrogen and oxygen atoms in total. The molecule has 0 saturated carbocycles. The molecule has 0 aromatic heterocycles. The summed E-state index contributed by atoms with van der Waals surface area (Å²) in [7, 11) is 4.40. The van der Waals surface area contributed by atoms with Crippen molar-refractivity contribution in [1.29, 1.82) is 0 Å². The van der Waals surface area contributed by atoms with Crippen LogP contribution in [-0.4, -0.2) is 49.6 Å². The number of hydrogen-bond donors (Lipinski definition) is 0. The van der Waals surface area contributed by atoms with Crippen molar-refractivity contribution in [1.82, 2.24) is 9.80 Å². The second kappa shape index (κ2) is 6.87. The quantitative estimate of drug-likeness (QED) is 0.835. The molecule has 1 aliphatic rings. The lowest BCUT2D eigenvalue weighted by Crippen LogP contribution is -2.43. The van der Waals surface area contributed by atoms with Gasteiger partial charge < -0.3 is 9.80 Å². The summed E-state index contributed by atoms with van der Waals surface area (Å²) < 4.78 is 1.16. The van der Waals surface area contributed by atoms with Crippen LogP contribution < -0.4 is 0 Å². The van der Waals surface area contributed by atoms with Gasteiger partial charge in [-0.1, -0.05) is 35.0 Å². The molecule has 1 heterocycles. The van der Waals surface area contributed by atoms with Crippen LogP contribution in [0.2, 0.25) is 0 Å². The molecular weight excluding hydrogens is 300 g/mol. The number of likely N-dealkylation sites (tertiary alicyclic amines) is 1. The van der Waals surface area contributed by atoms with Gasteiger partial charge in [-0.15, -0.1) is 0 Å². The van der Waals surface area contributed by atoms with Gasteiger partial charge >= 0.3 is 0 Å². The first-order valence-corrected chi connectivity index (χ1v) is 8.00. The van der Waals surface area contributed by atoms with Crippen molar-refractivity contribution in [3.63, 3.8) is 0 Å². The van der Waals surface area contributed by atoms with Gasteiger partial charge in [-0.2, -0.15) is 0 Å². The number of hydrogen-bond acceptors (Lipinski definition) is 2. The Bertz CT molecular complexity index is 380. The highest BCUT2D eigenvalue weighted by atomic mass is 79.9. The third-order valence-corrected chi connectivity index (χ3v) is 4.79. The van der Waals surface area contributed by atoms with Gasteiger partial charge in [-0.3, -0.25) is 0 Å². The molecule has 1 saturated heterocycles. The number of rotatable bonds is 4. The van der Waals surface area contributed by atoms with E-state index >= 15 is 0 Å². The van der Waals surface area contributed by atoms with Gasteiger partial charge in [0.15, 0.2) is 0 Å². The molecule has 0 amide bonds. The lowest BCUT2D eigenvalue weighted by Gasteiger charge is -2.36. The van der Waals surface area contributed by atoms with Crippen LogP contribution >= 0.6 is 15.9 Å². The number of benzene rings is 1. The number of nitrogens with zero attached hydrogens (tertiary/aromatic N) is 2. The van der Waals surface area contributed by atoms with Crippen LogP contribution in [0.15, 0.2) is 28.7 Å². The van der Waals surface area contributed by atoms with E-state index in [4.69, 9.17) is 0 Å². The van der Waals surface area contributed by atoms with E-state index in [1.54, 1.807) is 0 Å². The van der Waals surface area contributed by atoms with Gasteiger partial charge in [0.1, 0.15) is 0 Å². The molecule has 0 N–H and O–H groups in total. The van der Waals surface area contributed by atoms with E-state index in [1.165, 1.54) is 38.0 Å². The minimum absolute atomic E-state index is 0.615. The summed E-state index contributed by atoms with van der Waals surface area (Å²) in [5.74, 6) is 0.615. The molecule has 2 rings (SSSR count). The molecule has 0 unspecified atom stereocenters. The zero-order valence-corrected chi connectivity index (χ0v) is 13.9. The largest absolute Gasteiger partial charge is 0.306 e. The molecular formula is C16H25BrN2. The van der Waals surface area contributed by atoms with Gasteiger partial charge in [0.25, 0.3) is 0 Å². The third-order valence-electron chi connectivity index (χ3n) is 4.26. The molecule has 1 fully saturated rings. The predicted octanol–water partition coefficient (Wildman–Crippen LogP) is 3.58. The van der Waals surface area contributed by atoms with Crippen molar-refractivity contribution >= 4 is 15.9 Å². The first-order chi connectivity index (χ1) is 9.06. The molecule has 0 aliphatic carbocycles. The Balaban J connectivity index is 1.83. The van der Waals surface area contributed by atoms with Crippen molar-refractivity contribution in [2.75, 3.05) is 33.7 Å². The molecule has 19 heavy (non-hydrogen) atoms. The summed E-state index contributed by atoms with van der Waals surface area (Å²) in [4.78, 5) is 4.99. The molecule has 1 aromatic carbocycles. The summed E-state index contributed by atoms with van der Waals surface area (Å²) in [5, 5.41) is 0. The van der Waals surface area contributed by atoms with E-state index < -0.39 is 0 Å². The maximum Gasteiger partial charge on any atom is 0.0175 e. The van der Waals surface area contributed by atoms with Crippen molar-refractivity contribution in [2.24, 2.45) is 0 Å². The highest BCUT2D eigenvalue weighted by Gasteiger charge is 2.21. The first kappa shape index (κ1) is 15.0. The average molecular weight is 325 g/mol. The van der Waals surface area contributed by atoms with E-state index in [1.807, 2.05) is 0 Å². The van der Waals surface area contributed by atoms with Crippen molar-refractivity contribution in [3.05, 3.63) is 34.3 Å². The normalized spacial score (nSPS) is 19.8. The first-order valence-electron chi connectivity index (χ1n) is 7.20. The fraction of sp³-hybridized carbons (Fsp3) is 0.625. The Morgan fingerprint density at radius 2 is 1.79 bits per heavy atom. The van der Waals surface area contributed by atoms with E-state index in [-0.39, 0.29) is 0 Å². The van der Waals surface area contributed by atoms with Gasteiger partial charge in [-0.05, 0) is 63.6 Å². The van der Waals surface area contributed by atoms with Crippen LogP contribution in [0.25, 0.3) is 0 Å². The minimum Gasteiger partial charge on any atom is -0.306 e. The van der Waals surface area contributed by atoms with E-state index in [0.717, 1.165) is 10.5 Å². The zero-order chi connectivity index (χ0) is 13.8. The maximum atomic E-state index is 3.50. The lowest BCUT2D eigenvalue weighted by molar-refractivity contribution is 0.140. The Labute approximate surface area is 125 Å². The Morgan fingerprint density at radius 1 is 1.21 bits per heavy atom. The second-order valence-electron chi connectivity index (χ2n) is 5.95. The Morgan fingerprint density at radius 3 is 2.32 bits per heavy atom. The van der Waals surface area contributed by atoms with Gasteiger partial charge in [-0.25, -0.2) is 0 Å². The highest BCUT2D eigenvalue weighted by molar-refractivity contribution is 9.10. The Hall–Kier alpha value is -0.380. The van der Waals surface area contributed by atoms with Crippen molar-refractivity contribution in [3.8, 4) is 0 Å². The second-order valence-corrected chi connectivity index (χ2v) is 6.86.